The van der Waals surface area contributed by atoms with Crippen LogP contribution in [0.2, 0.25) is 0 Å². The molecule has 1 heterocycles. The van der Waals surface area contributed by atoms with Crippen molar-refractivity contribution in [1.29, 1.82) is 0 Å². The van der Waals surface area contributed by atoms with Crippen molar-refractivity contribution in [2.24, 2.45) is 0 Å². The molecule has 88 valence electrons. The van der Waals surface area contributed by atoms with Gasteiger partial charge in [-0.05, 0) is 19.9 Å². The normalized spacial score (nSPS) is 11.7. The van der Waals surface area contributed by atoms with Crippen LogP contribution >= 0.6 is 0 Å². The lowest BCUT2D eigenvalue weighted by atomic mass is 10.3. The van der Waals surface area contributed by atoms with Crippen molar-refractivity contribution in [3.63, 3.8) is 0 Å². The zero-order valence-electron chi connectivity index (χ0n) is 9.78. The van der Waals surface area contributed by atoms with Crippen LogP contribution in [0.25, 0.3) is 0 Å². The second-order valence-electron chi connectivity index (χ2n) is 3.35. The summed E-state index contributed by atoms with van der Waals surface area (Å²) in [5.41, 5.74) is 0.791. The monoisotopic (exact) mass is 223 g/mol. The van der Waals surface area contributed by atoms with Gasteiger partial charge in [0.15, 0.2) is 0 Å². The van der Waals surface area contributed by atoms with Crippen LogP contribution < -0.4 is 15.4 Å². The van der Waals surface area contributed by atoms with Crippen LogP contribution in [0.5, 0.6) is 5.88 Å². The summed E-state index contributed by atoms with van der Waals surface area (Å²) in [6.45, 7) is 4.32. The van der Waals surface area contributed by atoms with Gasteiger partial charge in [-0.3, -0.25) is 4.79 Å². The standard InChI is InChI=1S/C11H17N3O2/c1-4-12-11(15)8(2)14-9-5-6-10(16-3)13-7-9/h5-8,14H,4H2,1-3H3,(H,12,15). The molecule has 16 heavy (non-hydrogen) atoms. The number of likely N-dealkylation sites (N-methyl/N-ethyl adjacent to an activating group) is 1. The van der Waals surface area contributed by atoms with Crippen molar-refractivity contribution in [2.75, 3.05) is 19.0 Å². The first-order valence-corrected chi connectivity index (χ1v) is 5.21. The van der Waals surface area contributed by atoms with E-state index >= 15 is 0 Å². The smallest absolute Gasteiger partial charge is 0.242 e. The molecule has 2 N–H and O–H groups in total. The minimum atomic E-state index is -0.282. The minimum Gasteiger partial charge on any atom is -0.481 e. The van der Waals surface area contributed by atoms with E-state index in [-0.39, 0.29) is 11.9 Å². The van der Waals surface area contributed by atoms with Gasteiger partial charge in [-0.25, -0.2) is 4.98 Å². The van der Waals surface area contributed by atoms with Gasteiger partial charge in [0.05, 0.1) is 19.0 Å². The molecule has 0 aliphatic rings. The van der Waals surface area contributed by atoms with Gasteiger partial charge in [-0.2, -0.15) is 0 Å². The molecular formula is C11H17N3O2. The van der Waals surface area contributed by atoms with Crippen LogP contribution in [0, 0.1) is 0 Å². The number of anilines is 1. The third-order valence-corrected chi connectivity index (χ3v) is 2.07. The Bertz CT molecular complexity index is 338. The van der Waals surface area contributed by atoms with Crippen LogP contribution in [0.3, 0.4) is 0 Å². The minimum absolute atomic E-state index is 0.0293. The Balaban J connectivity index is 2.55. The number of pyridine rings is 1. The zero-order chi connectivity index (χ0) is 12.0. The van der Waals surface area contributed by atoms with Crippen molar-refractivity contribution >= 4 is 11.6 Å². The largest absolute Gasteiger partial charge is 0.481 e. The number of amides is 1. The van der Waals surface area contributed by atoms with Gasteiger partial charge in [-0.15, -0.1) is 0 Å². The first-order chi connectivity index (χ1) is 7.67. The molecular weight excluding hydrogens is 206 g/mol. The number of hydrogen-bond acceptors (Lipinski definition) is 4. The van der Waals surface area contributed by atoms with E-state index in [0.29, 0.717) is 12.4 Å². The molecule has 1 amide bonds. The molecule has 1 unspecified atom stereocenters. The van der Waals surface area contributed by atoms with Gasteiger partial charge in [0.2, 0.25) is 11.8 Å². The van der Waals surface area contributed by atoms with Crippen LogP contribution in [0.4, 0.5) is 5.69 Å². The molecule has 5 nitrogen and oxygen atoms in total. The summed E-state index contributed by atoms with van der Waals surface area (Å²) in [5.74, 6) is 0.523. The highest BCUT2D eigenvalue weighted by atomic mass is 16.5. The fourth-order valence-corrected chi connectivity index (χ4v) is 1.23. The SMILES string of the molecule is CCNC(=O)C(C)Nc1ccc(OC)nc1. The molecule has 0 saturated carbocycles. The van der Waals surface area contributed by atoms with Crippen molar-refractivity contribution in [2.45, 2.75) is 19.9 Å². The topological polar surface area (TPSA) is 63.2 Å². The molecule has 0 aliphatic heterocycles. The fourth-order valence-electron chi connectivity index (χ4n) is 1.23. The highest BCUT2D eigenvalue weighted by molar-refractivity contribution is 5.84. The Morgan fingerprint density at radius 1 is 1.56 bits per heavy atom. The Morgan fingerprint density at radius 2 is 2.31 bits per heavy atom. The number of carbonyl (C=O) groups excluding carboxylic acids is 1. The summed E-state index contributed by atoms with van der Waals surface area (Å²) in [5, 5.41) is 5.79. The van der Waals surface area contributed by atoms with Gasteiger partial charge in [0, 0.05) is 12.6 Å². The first kappa shape index (κ1) is 12.3. The molecule has 0 radical (unpaired) electrons. The first-order valence-electron chi connectivity index (χ1n) is 5.21. The van der Waals surface area contributed by atoms with E-state index in [2.05, 4.69) is 15.6 Å². The van der Waals surface area contributed by atoms with E-state index in [1.165, 1.54) is 0 Å². The highest BCUT2D eigenvalue weighted by Gasteiger charge is 2.10. The quantitative estimate of drug-likeness (QED) is 0.782. The maximum Gasteiger partial charge on any atom is 0.242 e. The van der Waals surface area contributed by atoms with E-state index in [4.69, 9.17) is 4.74 Å². The lowest BCUT2D eigenvalue weighted by molar-refractivity contribution is -0.121. The van der Waals surface area contributed by atoms with Crippen LogP contribution in [0.15, 0.2) is 18.3 Å². The summed E-state index contributed by atoms with van der Waals surface area (Å²) in [7, 11) is 1.56. The van der Waals surface area contributed by atoms with E-state index in [0.717, 1.165) is 5.69 Å². The number of methoxy groups -OCH3 is 1. The lowest BCUT2D eigenvalue weighted by Crippen LogP contribution is -2.37. The van der Waals surface area contributed by atoms with Gasteiger partial charge in [0.25, 0.3) is 0 Å². The molecule has 1 aromatic rings. The third-order valence-electron chi connectivity index (χ3n) is 2.07. The number of nitrogens with zero attached hydrogens (tertiary/aromatic N) is 1. The zero-order valence-corrected chi connectivity index (χ0v) is 9.78. The Hall–Kier alpha value is -1.78. The summed E-state index contributed by atoms with van der Waals surface area (Å²) in [6.07, 6.45) is 1.63. The molecule has 1 rings (SSSR count). The van der Waals surface area contributed by atoms with Crippen LogP contribution in [-0.4, -0.2) is 30.6 Å². The fraction of sp³-hybridized carbons (Fsp3) is 0.455. The molecule has 1 aromatic heterocycles. The number of nitrogens with one attached hydrogen (secondary N) is 2. The van der Waals surface area contributed by atoms with Gasteiger partial charge < -0.3 is 15.4 Å². The molecule has 1 atom stereocenters. The summed E-state index contributed by atoms with van der Waals surface area (Å²) >= 11 is 0. The number of rotatable bonds is 5. The molecule has 5 heteroatoms. The van der Waals surface area contributed by atoms with E-state index in [9.17, 15) is 4.79 Å². The maximum absolute atomic E-state index is 11.5. The molecule has 0 spiro atoms. The van der Waals surface area contributed by atoms with Crippen molar-refractivity contribution in [3.05, 3.63) is 18.3 Å². The second kappa shape index (κ2) is 5.95. The average molecular weight is 223 g/mol. The Labute approximate surface area is 95.2 Å². The number of carbonyl (C=O) groups is 1. The van der Waals surface area contributed by atoms with Gasteiger partial charge in [0.1, 0.15) is 6.04 Å². The third kappa shape index (κ3) is 3.42. The molecule has 0 aliphatic carbocycles. The number of aromatic nitrogens is 1. The van der Waals surface area contributed by atoms with Gasteiger partial charge in [-0.1, -0.05) is 0 Å². The highest BCUT2D eigenvalue weighted by Crippen LogP contribution is 2.11. The second-order valence-corrected chi connectivity index (χ2v) is 3.35. The molecule has 0 fully saturated rings. The van der Waals surface area contributed by atoms with Crippen molar-refractivity contribution < 1.29 is 9.53 Å². The maximum atomic E-state index is 11.5. The Morgan fingerprint density at radius 3 is 2.81 bits per heavy atom. The van der Waals surface area contributed by atoms with E-state index in [1.54, 1.807) is 26.3 Å². The number of hydrogen-bond donors (Lipinski definition) is 2. The summed E-state index contributed by atoms with van der Waals surface area (Å²) < 4.78 is 4.94. The van der Waals surface area contributed by atoms with Crippen LogP contribution in [0.1, 0.15) is 13.8 Å². The summed E-state index contributed by atoms with van der Waals surface area (Å²) in [4.78, 5) is 15.5. The van der Waals surface area contributed by atoms with Crippen molar-refractivity contribution in [3.8, 4) is 5.88 Å². The summed E-state index contributed by atoms with van der Waals surface area (Å²) in [6, 6.07) is 3.28. The predicted octanol–water partition coefficient (Wildman–Crippen LogP) is 1.03. The average Bonchev–Trinajstić information content (AvgIpc) is 2.30. The predicted molar refractivity (Wildman–Crippen MR) is 62.6 cm³/mol. The molecule has 0 aromatic carbocycles. The van der Waals surface area contributed by atoms with E-state index in [1.807, 2.05) is 13.0 Å². The van der Waals surface area contributed by atoms with Crippen molar-refractivity contribution in [1.82, 2.24) is 10.3 Å². The number of ether oxygens (including phenoxy) is 1. The van der Waals surface area contributed by atoms with Gasteiger partial charge >= 0.3 is 0 Å². The lowest BCUT2D eigenvalue weighted by Gasteiger charge is -2.14. The molecule has 0 saturated heterocycles. The molecule has 0 bridgehead atoms. The van der Waals surface area contributed by atoms with Crippen LogP contribution in [-0.2, 0) is 4.79 Å². The Kier molecular flexibility index (Phi) is 4.57. The van der Waals surface area contributed by atoms with E-state index < -0.39 is 0 Å².